The Morgan fingerprint density at radius 3 is 2.62 bits per heavy atom. The fourth-order valence-electron chi connectivity index (χ4n) is 1.94. The minimum absolute atomic E-state index is 0.0342. The van der Waals surface area contributed by atoms with E-state index in [0.717, 1.165) is 0 Å². The molecule has 2 aromatic rings. The van der Waals surface area contributed by atoms with Crippen LogP contribution in [-0.2, 0) is 0 Å². The molecule has 0 aliphatic carbocycles. The summed E-state index contributed by atoms with van der Waals surface area (Å²) in [6.45, 7) is 1.78. The zero-order valence-electron chi connectivity index (χ0n) is 11.1. The van der Waals surface area contributed by atoms with E-state index in [4.69, 9.17) is 0 Å². The third-order valence-corrected chi connectivity index (χ3v) is 3.70. The van der Waals surface area contributed by atoms with E-state index in [-0.39, 0.29) is 23.2 Å². The summed E-state index contributed by atoms with van der Waals surface area (Å²) >= 11 is 3.32. The second-order valence-corrected chi connectivity index (χ2v) is 5.38. The standard InChI is InChI=1S/C14H13BrN2O4/c1-8(11-7-10(18)3-5-14(11)19)16-13-6-9(17(20)21)2-4-12(13)15/h2-8,16,18-19H,1H3. The molecule has 0 radical (unpaired) electrons. The number of hydrogen-bond donors (Lipinski definition) is 3. The molecule has 1 atom stereocenters. The van der Waals surface area contributed by atoms with Gasteiger partial charge in [0.15, 0.2) is 0 Å². The molecule has 0 heterocycles. The lowest BCUT2D eigenvalue weighted by Gasteiger charge is -2.18. The molecule has 0 saturated carbocycles. The molecule has 0 spiro atoms. The lowest BCUT2D eigenvalue weighted by atomic mass is 10.1. The molecular formula is C14H13BrN2O4. The molecule has 0 saturated heterocycles. The van der Waals surface area contributed by atoms with E-state index < -0.39 is 4.92 Å². The lowest BCUT2D eigenvalue weighted by molar-refractivity contribution is -0.384. The number of nitro benzene ring substituents is 1. The van der Waals surface area contributed by atoms with Crippen molar-refractivity contribution in [1.82, 2.24) is 0 Å². The Bertz CT molecular complexity index is 691. The zero-order valence-corrected chi connectivity index (χ0v) is 12.7. The fourth-order valence-corrected chi connectivity index (χ4v) is 2.30. The maximum absolute atomic E-state index is 10.8. The van der Waals surface area contributed by atoms with E-state index in [9.17, 15) is 20.3 Å². The predicted molar refractivity (Wildman–Crippen MR) is 82.6 cm³/mol. The van der Waals surface area contributed by atoms with Crippen LogP contribution in [-0.4, -0.2) is 15.1 Å². The summed E-state index contributed by atoms with van der Waals surface area (Å²) in [5.74, 6) is 0.0731. The van der Waals surface area contributed by atoms with Gasteiger partial charge in [0, 0.05) is 22.2 Å². The third-order valence-electron chi connectivity index (χ3n) is 3.01. The summed E-state index contributed by atoms with van der Waals surface area (Å²) in [7, 11) is 0. The van der Waals surface area contributed by atoms with Crippen molar-refractivity contribution in [1.29, 1.82) is 0 Å². The summed E-state index contributed by atoms with van der Waals surface area (Å²) < 4.78 is 0.666. The molecule has 0 aliphatic rings. The summed E-state index contributed by atoms with van der Waals surface area (Å²) in [5, 5.41) is 33.2. The number of halogens is 1. The Hall–Kier alpha value is -2.28. The van der Waals surface area contributed by atoms with Gasteiger partial charge in [0.1, 0.15) is 11.5 Å². The number of nitrogens with zero attached hydrogens (tertiary/aromatic N) is 1. The molecule has 2 aromatic carbocycles. The van der Waals surface area contributed by atoms with Gasteiger partial charge in [-0.3, -0.25) is 10.1 Å². The monoisotopic (exact) mass is 352 g/mol. The number of aromatic hydroxyl groups is 2. The highest BCUT2D eigenvalue weighted by Crippen LogP contribution is 2.33. The Labute approximate surface area is 129 Å². The van der Waals surface area contributed by atoms with Crippen molar-refractivity contribution in [2.24, 2.45) is 0 Å². The van der Waals surface area contributed by atoms with E-state index in [0.29, 0.717) is 15.7 Å². The Morgan fingerprint density at radius 1 is 1.24 bits per heavy atom. The van der Waals surface area contributed by atoms with Crippen molar-refractivity contribution >= 4 is 27.3 Å². The van der Waals surface area contributed by atoms with Crippen molar-refractivity contribution in [3.63, 3.8) is 0 Å². The number of non-ortho nitro benzene ring substituents is 1. The first kappa shape index (κ1) is 15.1. The first-order chi connectivity index (χ1) is 9.88. The minimum Gasteiger partial charge on any atom is -0.508 e. The molecule has 3 N–H and O–H groups in total. The molecule has 0 bridgehead atoms. The smallest absolute Gasteiger partial charge is 0.271 e. The summed E-state index contributed by atoms with van der Waals surface area (Å²) in [6.07, 6.45) is 0. The average Bonchev–Trinajstić information content (AvgIpc) is 2.43. The first-order valence-electron chi connectivity index (χ1n) is 6.11. The van der Waals surface area contributed by atoms with Crippen LogP contribution in [0.25, 0.3) is 0 Å². The van der Waals surface area contributed by atoms with Crippen LogP contribution in [0.5, 0.6) is 11.5 Å². The highest BCUT2D eigenvalue weighted by molar-refractivity contribution is 9.10. The van der Waals surface area contributed by atoms with Gasteiger partial charge in [0.05, 0.1) is 16.7 Å². The van der Waals surface area contributed by atoms with E-state index in [1.807, 2.05) is 0 Å². The Kier molecular flexibility index (Phi) is 4.32. The topological polar surface area (TPSA) is 95.6 Å². The van der Waals surface area contributed by atoms with Gasteiger partial charge >= 0.3 is 0 Å². The zero-order chi connectivity index (χ0) is 15.6. The lowest BCUT2D eigenvalue weighted by Crippen LogP contribution is -2.07. The SMILES string of the molecule is CC(Nc1cc([N+](=O)[O-])ccc1Br)c1cc(O)ccc1O. The fraction of sp³-hybridized carbons (Fsp3) is 0.143. The van der Waals surface area contributed by atoms with Crippen molar-refractivity contribution < 1.29 is 15.1 Å². The van der Waals surface area contributed by atoms with Gasteiger partial charge in [0.25, 0.3) is 5.69 Å². The van der Waals surface area contributed by atoms with E-state index in [1.165, 1.54) is 30.3 Å². The highest BCUT2D eigenvalue weighted by atomic mass is 79.9. The minimum atomic E-state index is -0.478. The van der Waals surface area contributed by atoms with Crippen LogP contribution >= 0.6 is 15.9 Å². The van der Waals surface area contributed by atoms with E-state index in [2.05, 4.69) is 21.2 Å². The van der Waals surface area contributed by atoms with Gasteiger partial charge in [-0.05, 0) is 47.1 Å². The maximum atomic E-state index is 10.8. The van der Waals surface area contributed by atoms with Crippen LogP contribution in [0.2, 0.25) is 0 Å². The van der Waals surface area contributed by atoms with Crippen LogP contribution in [0.4, 0.5) is 11.4 Å². The molecular weight excluding hydrogens is 340 g/mol. The average molecular weight is 353 g/mol. The van der Waals surface area contributed by atoms with Gasteiger partial charge in [-0.2, -0.15) is 0 Å². The normalized spacial score (nSPS) is 11.9. The van der Waals surface area contributed by atoms with E-state index in [1.54, 1.807) is 13.0 Å². The number of hydrogen-bond acceptors (Lipinski definition) is 5. The second kappa shape index (κ2) is 6.01. The molecule has 7 heteroatoms. The molecule has 21 heavy (non-hydrogen) atoms. The molecule has 0 fully saturated rings. The molecule has 0 aromatic heterocycles. The molecule has 2 rings (SSSR count). The largest absolute Gasteiger partial charge is 0.508 e. The van der Waals surface area contributed by atoms with Crippen LogP contribution < -0.4 is 5.32 Å². The van der Waals surface area contributed by atoms with Crippen LogP contribution in [0.3, 0.4) is 0 Å². The highest BCUT2D eigenvalue weighted by Gasteiger charge is 2.15. The van der Waals surface area contributed by atoms with Crippen molar-refractivity contribution in [2.45, 2.75) is 13.0 Å². The molecule has 110 valence electrons. The summed E-state index contributed by atoms with van der Waals surface area (Å²) in [6, 6.07) is 8.25. The number of benzene rings is 2. The number of phenolic OH excluding ortho intramolecular Hbond substituents is 2. The quantitative estimate of drug-likeness (QED) is 0.440. The third kappa shape index (κ3) is 3.43. The number of anilines is 1. The predicted octanol–water partition coefficient (Wildman–Crippen LogP) is 3.94. The first-order valence-corrected chi connectivity index (χ1v) is 6.90. The Morgan fingerprint density at radius 2 is 1.95 bits per heavy atom. The van der Waals surface area contributed by atoms with Gasteiger partial charge in [0.2, 0.25) is 0 Å². The molecule has 6 nitrogen and oxygen atoms in total. The van der Waals surface area contributed by atoms with Crippen LogP contribution in [0.15, 0.2) is 40.9 Å². The second-order valence-electron chi connectivity index (χ2n) is 4.53. The van der Waals surface area contributed by atoms with Gasteiger partial charge in [-0.1, -0.05) is 0 Å². The van der Waals surface area contributed by atoms with Crippen LogP contribution in [0, 0.1) is 10.1 Å². The van der Waals surface area contributed by atoms with Gasteiger partial charge in [-0.25, -0.2) is 0 Å². The van der Waals surface area contributed by atoms with Gasteiger partial charge < -0.3 is 15.5 Å². The molecule has 0 aliphatic heterocycles. The number of nitrogens with one attached hydrogen (secondary N) is 1. The number of rotatable bonds is 4. The summed E-state index contributed by atoms with van der Waals surface area (Å²) in [5.41, 5.74) is 0.987. The van der Waals surface area contributed by atoms with Crippen molar-refractivity contribution in [3.8, 4) is 11.5 Å². The number of nitro groups is 1. The molecule has 0 amide bonds. The summed E-state index contributed by atoms with van der Waals surface area (Å²) in [4.78, 5) is 10.3. The van der Waals surface area contributed by atoms with Gasteiger partial charge in [-0.15, -0.1) is 0 Å². The van der Waals surface area contributed by atoms with Crippen LogP contribution in [0.1, 0.15) is 18.5 Å². The van der Waals surface area contributed by atoms with Crippen molar-refractivity contribution in [2.75, 3.05) is 5.32 Å². The number of phenols is 2. The molecule has 1 unspecified atom stereocenters. The maximum Gasteiger partial charge on any atom is 0.271 e. The Balaban J connectivity index is 2.31. The van der Waals surface area contributed by atoms with E-state index >= 15 is 0 Å². The van der Waals surface area contributed by atoms with Crippen molar-refractivity contribution in [3.05, 3.63) is 56.5 Å².